The molecule has 0 amide bonds. The maximum Gasteiger partial charge on any atom is 0.0817 e. The van der Waals surface area contributed by atoms with E-state index in [0.717, 1.165) is 17.1 Å². The van der Waals surface area contributed by atoms with Crippen molar-refractivity contribution in [1.82, 2.24) is 9.78 Å². The average molecular weight is 173 g/mol. The molecule has 11 heavy (non-hydrogen) atoms. The molecule has 2 nitrogen and oxygen atoms in total. The van der Waals surface area contributed by atoms with Crippen LogP contribution in [-0.4, -0.2) is 9.78 Å². The molecule has 3 heteroatoms. The molecule has 0 aromatic carbocycles. The van der Waals surface area contributed by atoms with Crippen LogP contribution in [0.25, 0.3) is 0 Å². The first-order valence-electron chi connectivity index (χ1n) is 3.77. The van der Waals surface area contributed by atoms with Gasteiger partial charge in [0.05, 0.1) is 16.9 Å². The Morgan fingerprint density at radius 3 is 2.64 bits per heavy atom. The van der Waals surface area contributed by atoms with Gasteiger partial charge < -0.3 is 0 Å². The van der Waals surface area contributed by atoms with E-state index >= 15 is 0 Å². The van der Waals surface area contributed by atoms with Crippen LogP contribution >= 0.6 is 11.6 Å². The van der Waals surface area contributed by atoms with Gasteiger partial charge in [0.25, 0.3) is 0 Å². The predicted octanol–water partition coefficient (Wildman–Crippen LogP) is 2.27. The van der Waals surface area contributed by atoms with E-state index in [1.165, 1.54) is 0 Å². The molecule has 0 fully saturated rings. The molecule has 0 radical (unpaired) electrons. The highest BCUT2D eigenvalue weighted by Gasteiger charge is 2.07. The van der Waals surface area contributed by atoms with Crippen LogP contribution < -0.4 is 0 Å². The number of nitrogens with zero attached hydrogens (tertiary/aromatic N) is 2. The van der Waals surface area contributed by atoms with Gasteiger partial charge in [-0.15, -0.1) is 0 Å². The van der Waals surface area contributed by atoms with E-state index < -0.39 is 0 Å². The Kier molecular flexibility index (Phi) is 2.55. The van der Waals surface area contributed by atoms with Crippen LogP contribution in [0.2, 0.25) is 5.02 Å². The topological polar surface area (TPSA) is 17.8 Å². The van der Waals surface area contributed by atoms with E-state index in [1.54, 1.807) is 6.20 Å². The van der Waals surface area contributed by atoms with Crippen LogP contribution in [0.5, 0.6) is 0 Å². The third-order valence-electron chi connectivity index (χ3n) is 1.61. The largest absolute Gasteiger partial charge is 0.271 e. The highest BCUT2D eigenvalue weighted by molar-refractivity contribution is 6.31. The number of aromatic nitrogens is 2. The monoisotopic (exact) mass is 172 g/mol. The zero-order valence-electron chi connectivity index (χ0n) is 7.13. The molecule has 0 aliphatic rings. The summed E-state index contributed by atoms with van der Waals surface area (Å²) in [6.07, 6.45) is 2.69. The fourth-order valence-corrected chi connectivity index (χ4v) is 1.30. The van der Waals surface area contributed by atoms with Crippen molar-refractivity contribution < 1.29 is 0 Å². The third kappa shape index (κ3) is 1.96. The normalized spacial score (nSPS) is 11.0. The molecular weight excluding hydrogens is 160 g/mol. The van der Waals surface area contributed by atoms with Crippen molar-refractivity contribution >= 4 is 11.6 Å². The Bertz CT molecular complexity index is 221. The maximum atomic E-state index is 5.91. The molecule has 0 N–H and O–H groups in total. The highest BCUT2D eigenvalue weighted by Crippen LogP contribution is 2.17. The molecular formula is C8H13ClN2. The van der Waals surface area contributed by atoms with Crippen molar-refractivity contribution in [1.29, 1.82) is 0 Å². The number of hydrogen-bond acceptors (Lipinski definition) is 1. The van der Waals surface area contributed by atoms with E-state index in [4.69, 9.17) is 11.6 Å². The molecule has 0 bridgehead atoms. The van der Waals surface area contributed by atoms with Crippen LogP contribution in [0.3, 0.4) is 0 Å². The van der Waals surface area contributed by atoms with Crippen LogP contribution in [0.1, 0.15) is 19.5 Å². The zero-order valence-corrected chi connectivity index (χ0v) is 7.89. The minimum Gasteiger partial charge on any atom is -0.271 e. The Balaban J connectivity index is 2.83. The van der Waals surface area contributed by atoms with Gasteiger partial charge in [-0.25, -0.2) is 0 Å². The van der Waals surface area contributed by atoms with Gasteiger partial charge in [0.1, 0.15) is 0 Å². The third-order valence-corrected chi connectivity index (χ3v) is 1.93. The van der Waals surface area contributed by atoms with Crippen LogP contribution in [-0.2, 0) is 13.5 Å². The molecule has 0 spiro atoms. The highest BCUT2D eigenvalue weighted by atomic mass is 35.5. The second-order valence-corrected chi connectivity index (χ2v) is 3.57. The van der Waals surface area contributed by atoms with Crippen LogP contribution in [0.4, 0.5) is 0 Å². The average Bonchev–Trinajstić information content (AvgIpc) is 2.18. The first-order valence-corrected chi connectivity index (χ1v) is 4.15. The standard InChI is InChI=1S/C8H13ClN2/c1-6(2)4-8-7(9)5-10-11(8)3/h5-6H,4H2,1-3H3. The molecule has 62 valence electrons. The molecule has 0 unspecified atom stereocenters. The Hall–Kier alpha value is -0.500. The van der Waals surface area contributed by atoms with E-state index in [-0.39, 0.29) is 0 Å². The van der Waals surface area contributed by atoms with Gasteiger partial charge in [0.2, 0.25) is 0 Å². The van der Waals surface area contributed by atoms with Crippen molar-refractivity contribution in [2.75, 3.05) is 0 Å². The summed E-state index contributed by atoms with van der Waals surface area (Å²) in [5.41, 5.74) is 1.13. The van der Waals surface area contributed by atoms with Gasteiger partial charge in [-0.1, -0.05) is 25.4 Å². The van der Waals surface area contributed by atoms with Crippen LogP contribution in [0, 0.1) is 5.92 Å². The summed E-state index contributed by atoms with van der Waals surface area (Å²) in [5, 5.41) is 4.83. The molecule has 1 aromatic heterocycles. The smallest absolute Gasteiger partial charge is 0.0817 e. The lowest BCUT2D eigenvalue weighted by Crippen LogP contribution is -2.02. The SMILES string of the molecule is CC(C)Cc1c(Cl)cnn1C. The number of aryl methyl sites for hydroxylation is 1. The molecule has 1 rings (SSSR count). The van der Waals surface area contributed by atoms with Crippen molar-refractivity contribution in [3.05, 3.63) is 16.9 Å². The second-order valence-electron chi connectivity index (χ2n) is 3.16. The summed E-state index contributed by atoms with van der Waals surface area (Å²) in [6.45, 7) is 4.34. The van der Waals surface area contributed by atoms with E-state index in [1.807, 2.05) is 11.7 Å². The summed E-state index contributed by atoms with van der Waals surface area (Å²) < 4.78 is 1.84. The van der Waals surface area contributed by atoms with Gasteiger partial charge in [0.15, 0.2) is 0 Å². The lowest BCUT2D eigenvalue weighted by molar-refractivity contribution is 0.596. The van der Waals surface area contributed by atoms with Crippen molar-refractivity contribution in [2.24, 2.45) is 13.0 Å². The zero-order chi connectivity index (χ0) is 8.43. The summed E-state index contributed by atoms with van der Waals surface area (Å²) in [5.74, 6) is 0.628. The number of hydrogen-bond donors (Lipinski definition) is 0. The molecule has 0 saturated heterocycles. The first-order chi connectivity index (χ1) is 5.11. The molecule has 0 saturated carbocycles. The van der Waals surface area contributed by atoms with E-state index in [0.29, 0.717) is 5.92 Å². The number of rotatable bonds is 2. The van der Waals surface area contributed by atoms with E-state index in [2.05, 4.69) is 18.9 Å². The summed E-state index contributed by atoms with van der Waals surface area (Å²) >= 11 is 5.91. The van der Waals surface area contributed by atoms with Gasteiger partial charge >= 0.3 is 0 Å². The molecule has 0 atom stereocenters. The van der Waals surface area contributed by atoms with E-state index in [9.17, 15) is 0 Å². The minimum absolute atomic E-state index is 0.628. The summed E-state index contributed by atoms with van der Waals surface area (Å²) in [4.78, 5) is 0. The number of halogens is 1. The fraction of sp³-hybridized carbons (Fsp3) is 0.625. The first kappa shape index (κ1) is 8.60. The van der Waals surface area contributed by atoms with Crippen molar-refractivity contribution in [2.45, 2.75) is 20.3 Å². The minimum atomic E-state index is 0.628. The lowest BCUT2D eigenvalue weighted by Gasteiger charge is -2.04. The van der Waals surface area contributed by atoms with Gasteiger partial charge in [-0.3, -0.25) is 4.68 Å². The van der Waals surface area contributed by atoms with Crippen molar-refractivity contribution in [3.63, 3.8) is 0 Å². The fourth-order valence-electron chi connectivity index (χ4n) is 1.05. The summed E-state index contributed by atoms with van der Waals surface area (Å²) in [7, 11) is 1.92. The molecule has 0 aliphatic carbocycles. The van der Waals surface area contributed by atoms with Crippen molar-refractivity contribution in [3.8, 4) is 0 Å². The Morgan fingerprint density at radius 2 is 2.27 bits per heavy atom. The summed E-state index contributed by atoms with van der Waals surface area (Å²) in [6, 6.07) is 0. The van der Waals surface area contributed by atoms with Gasteiger partial charge in [0, 0.05) is 7.05 Å². The Morgan fingerprint density at radius 1 is 1.64 bits per heavy atom. The second kappa shape index (κ2) is 3.26. The molecule has 1 heterocycles. The predicted molar refractivity (Wildman–Crippen MR) is 46.8 cm³/mol. The maximum absolute atomic E-state index is 5.91. The lowest BCUT2D eigenvalue weighted by atomic mass is 10.1. The quantitative estimate of drug-likeness (QED) is 0.669. The van der Waals surface area contributed by atoms with Crippen LogP contribution in [0.15, 0.2) is 6.20 Å². The van der Waals surface area contributed by atoms with Gasteiger partial charge in [-0.2, -0.15) is 5.10 Å². The molecule has 1 aromatic rings. The molecule has 0 aliphatic heterocycles. The Labute approximate surface area is 72.2 Å². The van der Waals surface area contributed by atoms with Gasteiger partial charge in [-0.05, 0) is 12.3 Å².